The number of hydrogen-bond acceptors (Lipinski definition) is 4. The molecule has 1 amide bonds. The first-order valence-electron chi connectivity index (χ1n) is 11.0. The Bertz CT molecular complexity index is 1300. The first-order valence-corrected chi connectivity index (χ1v) is 11.4. The van der Waals surface area contributed by atoms with Gasteiger partial charge in [-0.05, 0) is 67.4 Å². The average molecular weight is 485 g/mol. The second kappa shape index (κ2) is 12.4. The number of amides is 1. The summed E-state index contributed by atoms with van der Waals surface area (Å²) in [6.07, 6.45) is 1.87. The summed E-state index contributed by atoms with van der Waals surface area (Å²) in [6, 6.07) is 27.0. The zero-order valence-corrected chi connectivity index (χ0v) is 20.3. The number of ketones is 1. The molecule has 0 bridgehead atoms. The fourth-order valence-electron chi connectivity index (χ4n) is 3.42. The number of rotatable bonds is 6. The number of halogens is 1. The number of carbonyl (C=O) groups excluding carboxylic acids is 3. The fraction of sp³-hybridized carbons (Fsp3) is 0.103. The number of nitrogens with one attached hydrogen (secondary N) is 1. The number of pyridine rings is 1. The van der Waals surface area contributed by atoms with Crippen LogP contribution in [0.4, 0.5) is 5.82 Å². The molecule has 0 unspecified atom stereocenters. The second-order valence-corrected chi connectivity index (χ2v) is 8.33. The zero-order valence-electron chi connectivity index (χ0n) is 19.5. The van der Waals surface area contributed by atoms with Crippen molar-refractivity contribution in [2.45, 2.75) is 20.3 Å². The highest BCUT2D eigenvalue weighted by Crippen LogP contribution is 2.15. The summed E-state index contributed by atoms with van der Waals surface area (Å²) >= 11 is 5.16. The summed E-state index contributed by atoms with van der Waals surface area (Å²) in [7, 11) is 0. The van der Waals surface area contributed by atoms with E-state index >= 15 is 0 Å². The summed E-state index contributed by atoms with van der Waals surface area (Å²) in [6.45, 7) is 3.96. The quantitative estimate of drug-likeness (QED) is 0.252. The van der Waals surface area contributed by atoms with Crippen LogP contribution in [-0.4, -0.2) is 21.9 Å². The van der Waals surface area contributed by atoms with Gasteiger partial charge in [-0.2, -0.15) is 0 Å². The maximum Gasteiger partial charge on any atom is 0.256 e. The van der Waals surface area contributed by atoms with Gasteiger partial charge in [-0.1, -0.05) is 65.7 Å². The highest BCUT2D eigenvalue weighted by molar-refractivity contribution is 6.67. The van der Waals surface area contributed by atoms with Crippen molar-refractivity contribution in [3.63, 3.8) is 0 Å². The molecule has 4 aromatic rings. The largest absolute Gasteiger partial charge is 0.307 e. The van der Waals surface area contributed by atoms with Crippen LogP contribution in [0.2, 0.25) is 0 Å². The van der Waals surface area contributed by atoms with Gasteiger partial charge in [0.15, 0.2) is 5.78 Å². The molecule has 176 valence electrons. The van der Waals surface area contributed by atoms with Gasteiger partial charge in [-0.25, -0.2) is 4.98 Å². The van der Waals surface area contributed by atoms with Gasteiger partial charge in [0, 0.05) is 29.3 Å². The summed E-state index contributed by atoms with van der Waals surface area (Å²) < 4.78 is 0. The number of Topliss-reactive ketones (excluding diaryl/α,β-unsaturated/α-hetero) is 1. The number of nitrogens with zero attached hydrogens (tertiary/aromatic N) is 1. The molecule has 0 atom stereocenters. The SMILES string of the molecule is Cc1cc(C)cc(C(=O)Cc2ccnc(NC(=O)c3ccccc3)c2)c1.O=C(Cl)c1ccccc1. The molecule has 0 aliphatic rings. The van der Waals surface area contributed by atoms with Gasteiger partial charge in [0.05, 0.1) is 0 Å². The lowest BCUT2D eigenvalue weighted by Crippen LogP contribution is -2.13. The molecule has 1 N–H and O–H groups in total. The highest BCUT2D eigenvalue weighted by atomic mass is 35.5. The van der Waals surface area contributed by atoms with Gasteiger partial charge in [-0.3, -0.25) is 14.4 Å². The fourth-order valence-corrected chi connectivity index (χ4v) is 3.55. The van der Waals surface area contributed by atoms with Crippen LogP contribution in [0.5, 0.6) is 0 Å². The molecule has 0 saturated carbocycles. The van der Waals surface area contributed by atoms with E-state index in [9.17, 15) is 14.4 Å². The molecular formula is C29H25ClN2O3. The van der Waals surface area contributed by atoms with E-state index in [1.807, 2.05) is 44.2 Å². The van der Waals surface area contributed by atoms with Crippen LogP contribution in [0.25, 0.3) is 0 Å². The predicted molar refractivity (Wildman–Crippen MR) is 139 cm³/mol. The number of anilines is 1. The Balaban J connectivity index is 0.000000320. The van der Waals surface area contributed by atoms with Crippen molar-refractivity contribution in [2.24, 2.45) is 0 Å². The van der Waals surface area contributed by atoms with Crippen molar-refractivity contribution in [2.75, 3.05) is 5.32 Å². The van der Waals surface area contributed by atoms with Gasteiger partial charge < -0.3 is 5.32 Å². The van der Waals surface area contributed by atoms with Gasteiger partial charge in [0.2, 0.25) is 0 Å². The maximum absolute atomic E-state index is 12.6. The van der Waals surface area contributed by atoms with E-state index in [2.05, 4.69) is 10.3 Å². The minimum atomic E-state index is -0.407. The number of hydrogen-bond donors (Lipinski definition) is 1. The predicted octanol–water partition coefficient (Wildman–Crippen LogP) is 6.44. The van der Waals surface area contributed by atoms with Crippen molar-refractivity contribution >= 4 is 34.4 Å². The standard InChI is InChI=1S/C22H20N2O2.C7H5ClO/c1-15-10-16(2)12-19(11-15)20(25)13-17-8-9-23-21(14-17)24-22(26)18-6-4-3-5-7-18;8-7(9)6-4-2-1-3-5-6/h3-12,14H,13H2,1-2H3,(H,23,24,26);1-5H. The van der Waals surface area contributed by atoms with Crippen LogP contribution in [0.3, 0.4) is 0 Å². The smallest absolute Gasteiger partial charge is 0.256 e. The Morgan fingerprint density at radius 2 is 1.31 bits per heavy atom. The van der Waals surface area contributed by atoms with Gasteiger partial charge in [0.1, 0.15) is 5.82 Å². The molecule has 1 heterocycles. The van der Waals surface area contributed by atoms with E-state index in [-0.39, 0.29) is 18.1 Å². The molecule has 35 heavy (non-hydrogen) atoms. The second-order valence-electron chi connectivity index (χ2n) is 7.99. The maximum atomic E-state index is 12.6. The van der Waals surface area contributed by atoms with E-state index in [1.165, 1.54) is 0 Å². The number of aryl methyl sites for hydroxylation is 2. The number of benzene rings is 3. The highest BCUT2D eigenvalue weighted by Gasteiger charge is 2.11. The molecule has 0 aliphatic heterocycles. The van der Waals surface area contributed by atoms with E-state index < -0.39 is 5.24 Å². The van der Waals surface area contributed by atoms with E-state index in [4.69, 9.17) is 11.6 Å². The molecule has 1 aromatic heterocycles. The Labute approximate surface area is 209 Å². The van der Waals surface area contributed by atoms with Crippen molar-refractivity contribution in [1.29, 1.82) is 0 Å². The summed E-state index contributed by atoms with van der Waals surface area (Å²) in [5, 5.41) is 2.36. The first kappa shape index (κ1) is 25.5. The van der Waals surface area contributed by atoms with Gasteiger partial charge in [-0.15, -0.1) is 0 Å². The first-order chi connectivity index (χ1) is 16.8. The van der Waals surface area contributed by atoms with Crippen LogP contribution >= 0.6 is 11.6 Å². The normalized spacial score (nSPS) is 10.0. The monoisotopic (exact) mass is 484 g/mol. The summed E-state index contributed by atoms with van der Waals surface area (Å²) in [4.78, 5) is 39.4. The topological polar surface area (TPSA) is 76.1 Å². The molecule has 0 fully saturated rings. The Hall–Kier alpha value is -4.09. The van der Waals surface area contributed by atoms with E-state index in [1.54, 1.807) is 66.9 Å². The van der Waals surface area contributed by atoms with E-state index in [0.717, 1.165) is 16.7 Å². The number of aromatic nitrogens is 1. The third-order valence-corrected chi connectivity index (χ3v) is 5.23. The molecule has 0 aliphatic carbocycles. The Morgan fingerprint density at radius 1 is 0.743 bits per heavy atom. The third kappa shape index (κ3) is 8.02. The lowest BCUT2D eigenvalue weighted by Gasteiger charge is -2.07. The minimum absolute atomic E-state index is 0.0448. The van der Waals surface area contributed by atoms with E-state index in [0.29, 0.717) is 22.5 Å². The molecule has 3 aromatic carbocycles. The molecular weight excluding hydrogens is 460 g/mol. The van der Waals surface area contributed by atoms with Gasteiger partial charge >= 0.3 is 0 Å². The minimum Gasteiger partial charge on any atom is -0.307 e. The van der Waals surface area contributed by atoms with Crippen LogP contribution < -0.4 is 5.32 Å². The van der Waals surface area contributed by atoms with Crippen molar-refractivity contribution < 1.29 is 14.4 Å². The third-order valence-electron chi connectivity index (χ3n) is 5.01. The lowest BCUT2D eigenvalue weighted by molar-refractivity contribution is 0.0991. The van der Waals surface area contributed by atoms with Crippen LogP contribution in [0.15, 0.2) is 97.2 Å². The zero-order chi connectivity index (χ0) is 25.2. The van der Waals surface area contributed by atoms with Crippen molar-refractivity contribution in [3.8, 4) is 0 Å². The Kier molecular flexibility index (Phi) is 9.04. The Morgan fingerprint density at radius 3 is 1.86 bits per heavy atom. The van der Waals surface area contributed by atoms with Crippen LogP contribution in [0, 0.1) is 13.8 Å². The number of carbonyl (C=O) groups is 3. The molecule has 4 rings (SSSR count). The average Bonchev–Trinajstić information content (AvgIpc) is 2.85. The molecule has 0 spiro atoms. The summed E-state index contributed by atoms with van der Waals surface area (Å²) in [5.41, 5.74) is 4.75. The lowest BCUT2D eigenvalue weighted by atomic mass is 10.00. The van der Waals surface area contributed by atoms with Crippen molar-refractivity contribution in [3.05, 3.63) is 131 Å². The van der Waals surface area contributed by atoms with Gasteiger partial charge in [0.25, 0.3) is 11.1 Å². The molecule has 5 nitrogen and oxygen atoms in total. The molecule has 6 heteroatoms. The van der Waals surface area contributed by atoms with Crippen LogP contribution in [-0.2, 0) is 6.42 Å². The van der Waals surface area contributed by atoms with Crippen molar-refractivity contribution in [1.82, 2.24) is 4.98 Å². The molecule has 0 saturated heterocycles. The van der Waals surface area contributed by atoms with Crippen LogP contribution in [0.1, 0.15) is 47.8 Å². The summed E-state index contributed by atoms with van der Waals surface area (Å²) in [5.74, 6) is 0.254. The molecule has 0 radical (unpaired) electrons.